The highest BCUT2D eigenvalue weighted by Gasteiger charge is 2.38. The van der Waals surface area contributed by atoms with Gasteiger partial charge in [-0.3, -0.25) is 4.79 Å². The summed E-state index contributed by atoms with van der Waals surface area (Å²) in [5.74, 6) is 1.94. The van der Waals surface area contributed by atoms with Crippen LogP contribution in [-0.4, -0.2) is 23.4 Å². The van der Waals surface area contributed by atoms with Crippen LogP contribution in [0.3, 0.4) is 0 Å². The number of hydrogen-bond donors (Lipinski definition) is 0. The Kier molecular flexibility index (Phi) is 6.01. The predicted octanol–water partition coefficient (Wildman–Crippen LogP) is 3.85. The SMILES string of the molecule is CCCCCCC1CC1CN(C(C)=O)C(C)C. The molecule has 1 aliphatic rings. The Hall–Kier alpha value is -0.530. The van der Waals surface area contributed by atoms with Crippen molar-refractivity contribution in [1.29, 1.82) is 0 Å². The smallest absolute Gasteiger partial charge is 0.219 e. The van der Waals surface area contributed by atoms with Crippen LogP contribution in [0.15, 0.2) is 0 Å². The molecule has 0 aromatic rings. The highest BCUT2D eigenvalue weighted by Crippen LogP contribution is 2.43. The molecule has 1 fully saturated rings. The average molecular weight is 239 g/mol. The van der Waals surface area contributed by atoms with Gasteiger partial charge in [0.2, 0.25) is 5.91 Å². The van der Waals surface area contributed by atoms with Crippen molar-refractivity contribution in [3.8, 4) is 0 Å². The van der Waals surface area contributed by atoms with E-state index in [1.165, 1.54) is 38.5 Å². The quantitative estimate of drug-likeness (QED) is 0.589. The Morgan fingerprint density at radius 2 is 1.94 bits per heavy atom. The van der Waals surface area contributed by atoms with Crippen LogP contribution in [0.4, 0.5) is 0 Å². The third kappa shape index (κ3) is 5.10. The lowest BCUT2D eigenvalue weighted by Crippen LogP contribution is -2.37. The molecule has 2 unspecified atom stereocenters. The molecule has 0 spiro atoms. The van der Waals surface area contributed by atoms with Crippen LogP contribution in [0, 0.1) is 11.8 Å². The van der Waals surface area contributed by atoms with Crippen molar-refractivity contribution in [2.24, 2.45) is 11.8 Å². The third-order valence-electron chi connectivity index (χ3n) is 3.96. The molecule has 1 amide bonds. The Bertz CT molecular complexity index is 237. The zero-order chi connectivity index (χ0) is 12.8. The molecule has 100 valence electrons. The molecule has 1 rings (SSSR count). The van der Waals surface area contributed by atoms with E-state index in [0.29, 0.717) is 6.04 Å². The summed E-state index contributed by atoms with van der Waals surface area (Å²) < 4.78 is 0. The number of rotatable bonds is 8. The van der Waals surface area contributed by atoms with Crippen LogP contribution in [0.2, 0.25) is 0 Å². The van der Waals surface area contributed by atoms with E-state index >= 15 is 0 Å². The highest BCUT2D eigenvalue weighted by molar-refractivity contribution is 5.73. The molecular weight excluding hydrogens is 210 g/mol. The van der Waals surface area contributed by atoms with Gasteiger partial charge < -0.3 is 4.90 Å². The van der Waals surface area contributed by atoms with Gasteiger partial charge in [-0.2, -0.15) is 0 Å². The minimum Gasteiger partial charge on any atom is -0.340 e. The number of carbonyl (C=O) groups excluding carboxylic acids is 1. The lowest BCUT2D eigenvalue weighted by molar-refractivity contribution is -0.130. The van der Waals surface area contributed by atoms with E-state index in [1.54, 1.807) is 6.92 Å². The van der Waals surface area contributed by atoms with E-state index in [0.717, 1.165) is 18.4 Å². The molecule has 0 N–H and O–H groups in total. The Morgan fingerprint density at radius 3 is 2.47 bits per heavy atom. The lowest BCUT2D eigenvalue weighted by atomic mass is 10.1. The topological polar surface area (TPSA) is 20.3 Å². The molecule has 0 heterocycles. The number of hydrogen-bond acceptors (Lipinski definition) is 1. The fourth-order valence-corrected chi connectivity index (χ4v) is 2.68. The van der Waals surface area contributed by atoms with Crippen molar-refractivity contribution in [3.63, 3.8) is 0 Å². The molecule has 2 atom stereocenters. The van der Waals surface area contributed by atoms with Gasteiger partial charge in [0.1, 0.15) is 0 Å². The normalized spacial score (nSPS) is 22.9. The minimum absolute atomic E-state index is 0.233. The fraction of sp³-hybridized carbons (Fsp3) is 0.933. The lowest BCUT2D eigenvalue weighted by Gasteiger charge is -2.25. The van der Waals surface area contributed by atoms with Crippen molar-refractivity contribution < 1.29 is 4.79 Å². The van der Waals surface area contributed by atoms with Gasteiger partial charge in [0.15, 0.2) is 0 Å². The van der Waals surface area contributed by atoms with Gasteiger partial charge >= 0.3 is 0 Å². The van der Waals surface area contributed by atoms with Gasteiger partial charge in [0, 0.05) is 19.5 Å². The second kappa shape index (κ2) is 7.03. The van der Waals surface area contributed by atoms with E-state index in [2.05, 4.69) is 20.8 Å². The van der Waals surface area contributed by atoms with Gasteiger partial charge in [-0.1, -0.05) is 39.0 Å². The Balaban J connectivity index is 2.16. The molecular formula is C15H29NO. The van der Waals surface area contributed by atoms with Gasteiger partial charge in [0.25, 0.3) is 0 Å². The van der Waals surface area contributed by atoms with E-state index in [4.69, 9.17) is 0 Å². The molecule has 2 nitrogen and oxygen atoms in total. The Morgan fingerprint density at radius 1 is 1.24 bits per heavy atom. The van der Waals surface area contributed by atoms with Crippen LogP contribution in [-0.2, 0) is 4.79 Å². The maximum Gasteiger partial charge on any atom is 0.219 e. The number of amides is 1. The van der Waals surface area contributed by atoms with Gasteiger partial charge in [-0.15, -0.1) is 0 Å². The molecule has 0 aromatic heterocycles. The monoisotopic (exact) mass is 239 g/mol. The average Bonchev–Trinajstić information content (AvgIpc) is 2.99. The largest absolute Gasteiger partial charge is 0.340 e. The first-order chi connectivity index (χ1) is 8.06. The van der Waals surface area contributed by atoms with E-state index in [-0.39, 0.29) is 5.91 Å². The van der Waals surface area contributed by atoms with Crippen molar-refractivity contribution in [1.82, 2.24) is 4.90 Å². The van der Waals surface area contributed by atoms with Gasteiger partial charge in [-0.05, 0) is 32.1 Å². The van der Waals surface area contributed by atoms with E-state index in [1.807, 2.05) is 4.90 Å². The zero-order valence-electron chi connectivity index (χ0n) is 12.0. The van der Waals surface area contributed by atoms with Crippen molar-refractivity contribution in [2.45, 2.75) is 72.3 Å². The molecule has 0 saturated heterocycles. The molecule has 0 radical (unpaired) electrons. The maximum absolute atomic E-state index is 11.5. The van der Waals surface area contributed by atoms with Gasteiger partial charge in [-0.25, -0.2) is 0 Å². The summed E-state index contributed by atoms with van der Waals surface area (Å²) in [6, 6.07) is 0.355. The summed E-state index contributed by atoms with van der Waals surface area (Å²) in [6.45, 7) is 9.16. The van der Waals surface area contributed by atoms with Crippen LogP contribution >= 0.6 is 0 Å². The standard InChI is InChI=1S/C15H29NO/c1-5-6-7-8-9-14-10-15(14)11-16(12(2)3)13(4)17/h12,14-15H,5-11H2,1-4H3. The van der Waals surface area contributed by atoms with Crippen molar-refractivity contribution in [3.05, 3.63) is 0 Å². The summed E-state index contributed by atoms with van der Waals surface area (Å²) in [7, 11) is 0. The molecule has 2 heteroatoms. The first-order valence-electron chi connectivity index (χ1n) is 7.33. The first kappa shape index (κ1) is 14.5. The number of unbranched alkanes of at least 4 members (excludes halogenated alkanes) is 3. The Labute approximate surface area is 107 Å². The number of nitrogens with zero attached hydrogens (tertiary/aromatic N) is 1. The summed E-state index contributed by atoms with van der Waals surface area (Å²) in [5, 5.41) is 0. The summed E-state index contributed by atoms with van der Waals surface area (Å²) >= 11 is 0. The van der Waals surface area contributed by atoms with Crippen molar-refractivity contribution in [2.75, 3.05) is 6.54 Å². The van der Waals surface area contributed by atoms with Crippen LogP contribution < -0.4 is 0 Å². The van der Waals surface area contributed by atoms with E-state index in [9.17, 15) is 4.79 Å². The minimum atomic E-state index is 0.233. The number of carbonyl (C=O) groups is 1. The second-order valence-electron chi connectivity index (χ2n) is 5.87. The zero-order valence-corrected chi connectivity index (χ0v) is 12.0. The second-order valence-corrected chi connectivity index (χ2v) is 5.87. The molecule has 17 heavy (non-hydrogen) atoms. The predicted molar refractivity (Wildman–Crippen MR) is 72.9 cm³/mol. The van der Waals surface area contributed by atoms with Crippen molar-refractivity contribution >= 4 is 5.91 Å². The molecule has 1 aliphatic carbocycles. The maximum atomic E-state index is 11.5. The molecule has 0 aromatic carbocycles. The van der Waals surface area contributed by atoms with Crippen LogP contribution in [0.25, 0.3) is 0 Å². The summed E-state index contributed by atoms with van der Waals surface area (Å²) in [5.41, 5.74) is 0. The summed E-state index contributed by atoms with van der Waals surface area (Å²) in [4.78, 5) is 13.5. The van der Waals surface area contributed by atoms with Crippen LogP contribution in [0.1, 0.15) is 66.2 Å². The van der Waals surface area contributed by atoms with Gasteiger partial charge in [0.05, 0.1) is 0 Å². The van der Waals surface area contributed by atoms with Crippen LogP contribution in [0.5, 0.6) is 0 Å². The molecule has 0 bridgehead atoms. The summed E-state index contributed by atoms with van der Waals surface area (Å²) in [6.07, 6.45) is 8.21. The molecule has 0 aliphatic heterocycles. The molecule has 1 saturated carbocycles. The third-order valence-corrected chi connectivity index (χ3v) is 3.96. The first-order valence-corrected chi connectivity index (χ1v) is 7.33. The van der Waals surface area contributed by atoms with E-state index < -0.39 is 0 Å². The fourth-order valence-electron chi connectivity index (χ4n) is 2.68. The highest BCUT2D eigenvalue weighted by atomic mass is 16.2.